The number of carbonyl (C=O) groups is 1. The van der Waals surface area contributed by atoms with Gasteiger partial charge in [0, 0.05) is 37.8 Å². The Morgan fingerprint density at radius 3 is 2.56 bits per heavy atom. The van der Waals surface area contributed by atoms with Crippen LogP contribution in [0.5, 0.6) is 0 Å². The quantitative estimate of drug-likeness (QED) is 0.570. The first-order valence-electron chi connectivity index (χ1n) is 9.17. The molecule has 0 spiro atoms. The molecule has 1 saturated heterocycles. The van der Waals surface area contributed by atoms with Gasteiger partial charge in [0.05, 0.1) is 18.3 Å². The van der Waals surface area contributed by atoms with Crippen molar-refractivity contribution in [1.82, 2.24) is 15.1 Å². The third-order valence-corrected chi connectivity index (χ3v) is 6.14. The number of fused-ring (bicyclic) bond motifs is 1. The average Bonchev–Trinajstić information content (AvgIpc) is 3.11. The van der Waals surface area contributed by atoms with E-state index in [1.807, 2.05) is 20.8 Å². The largest absolute Gasteiger partial charge is 0.444 e. The molecule has 1 amide bonds. The molecule has 0 radical (unpaired) electrons. The molecule has 0 aromatic rings. The lowest BCUT2D eigenvalue weighted by Crippen LogP contribution is -2.58. The second-order valence-corrected chi connectivity index (χ2v) is 11.0. The number of nitrogens with zero attached hydrogens (tertiary/aromatic N) is 3. The van der Waals surface area contributed by atoms with Gasteiger partial charge in [-0.1, -0.05) is 0 Å². The Balaban J connectivity index is 0.00000261. The van der Waals surface area contributed by atoms with E-state index in [1.165, 1.54) is 6.26 Å². The predicted octanol–water partition coefficient (Wildman–Crippen LogP) is 1.31. The third-order valence-electron chi connectivity index (χ3n) is 5.01. The van der Waals surface area contributed by atoms with Gasteiger partial charge in [0.2, 0.25) is 0 Å². The summed E-state index contributed by atoms with van der Waals surface area (Å²) in [6.07, 6.45) is 2.90. The van der Waals surface area contributed by atoms with Crippen LogP contribution >= 0.6 is 24.0 Å². The summed E-state index contributed by atoms with van der Waals surface area (Å²) in [6.45, 7) is 8.77. The van der Waals surface area contributed by atoms with E-state index in [2.05, 4.69) is 15.2 Å². The van der Waals surface area contributed by atoms with E-state index in [0.717, 1.165) is 18.8 Å². The summed E-state index contributed by atoms with van der Waals surface area (Å²) in [5, 5.41) is 3.37. The molecule has 10 heteroatoms. The van der Waals surface area contributed by atoms with Crippen LogP contribution in [0.3, 0.4) is 0 Å². The van der Waals surface area contributed by atoms with Gasteiger partial charge in [-0.15, -0.1) is 24.0 Å². The predicted molar refractivity (Wildman–Crippen MR) is 115 cm³/mol. The highest BCUT2D eigenvalue weighted by atomic mass is 127. The molecule has 3 aliphatic rings. The number of halogens is 1. The maximum atomic E-state index is 12.3. The van der Waals surface area contributed by atoms with Crippen LogP contribution in [-0.2, 0) is 14.6 Å². The zero-order chi connectivity index (χ0) is 19.2. The summed E-state index contributed by atoms with van der Waals surface area (Å²) >= 11 is 0. The van der Waals surface area contributed by atoms with E-state index in [0.29, 0.717) is 32.7 Å². The zero-order valence-electron chi connectivity index (χ0n) is 16.5. The van der Waals surface area contributed by atoms with E-state index in [1.54, 1.807) is 4.90 Å². The molecule has 2 heterocycles. The van der Waals surface area contributed by atoms with Crippen molar-refractivity contribution in [3.05, 3.63) is 0 Å². The van der Waals surface area contributed by atoms with Crippen LogP contribution in [-0.4, -0.2) is 86.6 Å². The van der Waals surface area contributed by atoms with Gasteiger partial charge < -0.3 is 19.9 Å². The van der Waals surface area contributed by atoms with E-state index < -0.39 is 15.4 Å². The van der Waals surface area contributed by atoms with E-state index in [9.17, 15) is 13.2 Å². The summed E-state index contributed by atoms with van der Waals surface area (Å²) in [5.41, 5.74) is -0.627. The van der Waals surface area contributed by atoms with Crippen LogP contribution in [0.25, 0.3) is 0 Å². The minimum Gasteiger partial charge on any atom is -0.444 e. The van der Waals surface area contributed by atoms with Crippen LogP contribution < -0.4 is 5.32 Å². The first-order valence-corrected chi connectivity index (χ1v) is 11.2. The van der Waals surface area contributed by atoms with Gasteiger partial charge in [0.1, 0.15) is 15.4 Å². The van der Waals surface area contributed by atoms with Gasteiger partial charge in [0.15, 0.2) is 5.96 Å². The molecule has 2 aliphatic heterocycles. The maximum absolute atomic E-state index is 12.3. The Labute approximate surface area is 179 Å². The zero-order valence-corrected chi connectivity index (χ0v) is 19.7. The van der Waals surface area contributed by atoms with E-state index in [4.69, 9.17) is 4.74 Å². The molecule has 156 valence electrons. The molecule has 3 rings (SSSR count). The number of rotatable bonds is 4. The van der Waals surface area contributed by atoms with Crippen molar-refractivity contribution >= 4 is 45.9 Å². The molecule has 1 N–H and O–H groups in total. The number of sulfone groups is 1. The molecule has 2 fully saturated rings. The smallest absolute Gasteiger partial charge is 0.410 e. The standard InChI is InChI=1S/C17H30N4O4S.HI/c1-16(2,3)25-15(22)20-7-8-21-13(10-20)9-18-14(21)19-11-17(5-6-17)12-26(4,23)24;/h13H,5-12H2,1-4H3,(H,18,19);1H. The number of piperazine rings is 1. The van der Waals surface area contributed by atoms with Gasteiger partial charge >= 0.3 is 6.09 Å². The molecule has 27 heavy (non-hydrogen) atoms. The Kier molecular flexibility index (Phi) is 6.60. The van der Waals surface area contributed by atoms with Crippen LogP contribution in [0, 0.1) is 5.41 Å². The van der Waals surface area contributed by atoms with Gasteiger partial charge in [0.25, 0.3) is 0 Å². The summed E-state index contributed by atoms with van der Waals surface area (Å²) in [6, 6.07) is 0.156. The Hall–Kier alpha value is -0.780. The van der Waals surface area contributed by atoms with Crippen molar-refractivity contribution in [1.29, 1.82) is 0 Å². The maximum Gasteiger partial charge on any atom is 0.410 e. The number of aliphatic imine (C=N–C) groups is 1. The minimum atomic E-state index is -2.97. The second kappa shape index (κ2) is 7.92. The van der Waals surface area contributed by atoms with Gasteiger partial charge in [-0.05, 0) is 33.6 Å². The van der Waals surface area contributed by atoms with Crippen LogP contribution in [0.4, 0.5) is 4.79 Å². The molecule has 0 aromatic carbocycles. The van der Waals surface area contributed by atoms with Gasteiger partial charge in [-0.2, -0.15) is 0 Å². The molecule has 8 nitrogen and oxygen atoms in total. The first-order chi connectivity index (χ1) is 12.0. The summed E-state index contributed by atoms with van der Waals surface area (Å²) in [4.78, 5) is 20.8. The monoisotopic (exact) mass is 514 g/mol. The summed E-state index contributed by atoms with van der Waals surface area (Å²) < 4.78 is 28.6. The molecular weight excluding hydrogens is 483 g/mol. The highest BCUT2D eigenvalue weighted by Gasteiger charge is 2.46. The lowest BCUT2D eigenvalue weighted by Gasteiger charge is -2.39. The van der Waals surface area contributed by atoms with E-state index in [-0.39, 0.29) is 47.3 Å². The lowest BCUT2D eigenvalue weighted by atomic mass is 10.1. The SMILES string of the molecule is CC(C)(C)OC(=O)N1CCN2C(NCC3(CS(C)(=O)=O)CC3)=NCC2C1.I. The summed E-state index contributed by atoms with van der Waals surface area (Å²) in [5.74, 6) is 1.06. The number of carbonyl (C=O) groups excluding carboxylic acids is 1. The highest BCUT2D eigenvalue weighted by Crippen LogP contribution is 2.46. The Morgan fingerprint density at radius 2 is 2.00 bits per heavy atom. The fourth-order valence-corrected chi connectivity index (χ4v) is 5.10. The fraction of sp³-hybridized carbons (Fsp3) is 0.882. The lowest BCUT2D eigenvalue weighted by molar-refractivity contribution is 0.0137. The molecule has 0 bridgehead atoms. The highest BCUT2D eigenvalue weighted by molar-refractivity contribution is 14.0. The van der Waals surface area contributed by atoms with Crippen LogP contribution in [0.15, 0.2) is 4.99 Å². The molecule has 1 unspecified atom stereocenters. The third kappa shape index (κ3) is 6.10. The molecule has 0 aromatic heterocycles. The van der Waals surface area contributed by atoms with Gasteiger partial charge in [-0.3, -0.25) is 4.99 Å². The topological polar surface area (TPSA) is 91.3 Å². The normalized spacial score (nSPS) is 23.9. The van der Waals surface area contributed by atoms with Crippen molar-refractivity contribution in [2.24, 2.45) is 10.4 Å². The van der Waals surface area contributed by atoms with Crippen molar-refractivity contribution in [2.75, 3.05) is 44.7 Å². The average molecular weight is 514 g/mol. The molecule has 1 atom stereocenters. The number of ether oxygens (including phenoxy) is 1. The number of guanidine groups is 1. The minimum absolute atomic E-state index is 0. The Bertz CT molecular complexity index is 700. The summed E-state index contributed by atoms with van der Waals surface area (Å²) in [7, 11) is -2.97. The first kappa shape index (κ1) is 22.5. The molecule has 1 aliphatic carbocycles. The number of hydrogen-bond acceptors (Lipinski definition) is 7. The number of nitrogens with one attached hydrogen (secondary N) is 1. The van der Waals surface area contributed by atoms with Crippen molar-refractivity contribution < 1.29 is 17.9 Å². The van der Waals surface area contributed by atoms with Crippen molar-refractivity contribution in [3.63, 3.8) is 0 Å². The van der Waals surface area contributed by atoms with Crippen molar-refractivity contribution in [2.45, 2.75) is 45.3 Å². The Morgan fingerprint density at radius 1 is 1.33 bits per heavy atom. The number of amides is 1. The fourth-order valence-electron chi connectivity index (χ4n) is 3.59. The number of hydrogen-bond donors (Lipinski definition) is 1. The van der Waals surface area contributed by atoms with E-state index >= 15 is 0 Å². The van der Waals surface area contributed by atoms with Gasteiger partial charge in [-0.25, -0.2) is 13.2 Å². The molecule has 1 saturated carbocycles. The molecular formula is C17H31IN4O4S. The second-order valence-electron chi connectivity index (χ2n) is 8.86. The van der Waals surface area contributed by atoms with Crippen LogP contribution in [0.1, 0.15) is 33.6 Å². The van der Waals surface area contributed by atoms with Crippen LogP contribution in [0.2, 0.25) is 0 Å². The van der Waals surface area contributed by atoms with Crippen molar-refractivity contribution in [3.8, 4) is 0 Å².